The Bertz CT molecular complexity index is 928. The van der Waals surface area contributed by atoms with Gasteiger partial charge >= 0.3 is 5.97 Å². The summed E-state index contributed by atoms with van der Waals surface area (Å²) in [4.78, 5) is 14.0. The summed E-state index contributed by atoms with van der Waals surface area (Å²) in [5, 5.41) is 20.7. The Labute approximate surface area is 220 Å². The van der Waals surface area contributed by atoms with Gasteiger partial charge in [0.25, 0.3) is 0 Å². The number of aliphatic hydroxyl groups excluding tert-OH is 1. The number of hydrogen-bond acceptors (Lipinski definition) is 3. The van der Waals surface area contributed by atoms with Gasteiger partial charge in [0.05, 0.1) is 12.6 Å². The van der Waals surface area contributed by atoms with E-state index in [0.717, 1.165) is 32.1 Å². The number of allylic oxidation sites excluding steroid dienone is 1. The van der Waals surface area contributed by atoms with E-state index in [9.17, 15) is 15.0 Å². The summed E-state index contributed by atoms with van der Waals surface area (Å²) in [5.74, 6) is 2.21. The third-order valence-corrected chi connectivity index (χ3v) is 14.1. The van der Waals surface area contributed by atoms with Crippen molar-refractivity contribution in [2.75, 3.05) is 13.6 Å². The molecule has 4 heteroatoms. The third-order valence-electron chi connectivity index (χ3n) is 14.1. The third kappa shape index (κ3) is 3.28. The van der Waals surface area contributed by atoms with Crippen molar-refractivity contribution in [3.63, 3.8) is 0 Å². The fraction of sp³-hybridized carbons (Fsp3) is 0.906. The first kappa shape index (κ1) is 26.7. The maximum Gasteiger partial charge on any atom is 0.317 e. The van der Waals surface area contributed by atoms with Gasteiger partial charge in [-0.05, 0) is 129 Å². The molecule has 2 N–H and O–H groups in total. The lowest BCUT2D eigenvalue weighted by Gasteiger charge is -2.73. The second kappa shape index (κ2) is 8.31. The van der Waals surface area contributed by atoms with E-state index in [1.165, 1.54) is 37.7 Å². The Balaban J connectivity index is 1.55. The van der Waals surface area contributed by atoms with Crippen molar-refractivity contribution in [1.29, 1.82) is 0 Å². The molecule has 0 heterocycles. The molecule has 5 aliphatic carbocycles. The van der Waals surface area contributed by atoms with E-state index in [2.05, 4.69) is 60.1 Å². The SMILES string of the molecule is C=C(C)[C@@H]1CC[C@]2(N(C)CC(=O)O)CC[C@]3(C)[C@H](CC[C@@H]4[C@@]5(C)CC[C@H](O)C(C)(C)[C@@H]5CC[C@]43C)[C@@H]12. The van der Waals surface area contributed by atoms with Crippen molar-refractivity contribution < 1.29 is 15.0 Å². The number of carbonyl (C=O) groups is 1. The summed E-state index contributed by atoms with van der Waals surface area (Å²) in [5.41, 5.74) is 2.14. The van der Waals surface area contributed by atoms with Gasteiger partial charge in [-0.3, -0.25) is 9.69 Å². The van der Waals surface area contributed by atoms with Gasteiger partial charge in [0, 0.05) is 5.54 Å². The van der Waals surface area contributed by atoms with Crippen LogP contribution in [0.4, 0.5) is 0 Å². The molecule has 4 nitrogen and oxygen atoms in total. The Kier molecular flexibility index (Phi) is 6.17. The number of aliphatic hydroxyl groups is 1. The molecule has 0 amide bonds. The Hall–Kier alpha value is -0.870. The number of likely N-dealkylation sites (N-methyl/N-ethyl adjacent to an activating group) is 1. The van der Waals surface area contributed by atoms with Crippen molar-refractivity contribution in [3.8, 4) is 0 Å². The van der Waals surface area contributed by atoms with Crippen LogP contribution in [-0.4, -0.2) is 46.3 Å². The second-order valence-electron chi connectivity index (χ2n) is 15.4. The molecule has 36 heavy (non-hydrogen) atoms. The lowest BCUT2D eigenvalue weighted by Crippen LogP contribution is -2.69. The van der Waals surface area contributed by atoms with Gasteiger partial charge in [-0.1, -0.05) is 46.8 Å². The van der Waals surface area contributed by atoms with Crippen LogP contribution in [0.2, 0.25) is 0 Å². The highest BCUT2D eigenvalue weighted by Gasteiger charge is 2.71. The monoisotopic (exact) mass is 499 g/mol. The lowest BCUT2D eigenvalue weighted by molar-refractivity contribution is -0.248. The molecule has 5 rings (SSSR count). The van der Waals surface area contributed by atoms with Gasteiger partial charge in [-0.15, -0.1) is 0 Å². The highest BCUT2D eigenvalue weighted by Crippen LogP contribution is 2.76. The van der Waals surface area contributed by atoms with Crippen molar-refractivity contribution in [3.05, 3.63) is 12.2 Å². The van der Waals surface area contributed by atoms with Crippen LogP contribution >= 0.6 is 0 Å². The molecule has 0 bridgehead atoms. The largest absolute Gasteiger partial charge is 0.480 e. The number of aliphatic carboxylic acids is 1. The number of rotatable bonds is 4. The van der Waals surface area contributed by atoms with Crippen LogP contribution in [0.5, 0.6) is 0 Å². The average Bonchev–Trinajstić information content (AvgIpc) is 3.18. The molecular weight excluding hydrogens is 446 g/mol. The van der Waals surface area contributed by atoms with Crippen molar-refractivity contribution in [1.82, 2.24) is 4.90 Å². The molecule has 204 valence electrons. The molecule has 0 aromatic carbocycles. The van der Waals surface area contributed by atoms with E-state index in [-0.39, 0.29) is 29.0 Å². The smallest absolute Gasteiger partial charge is 0.317 e. The van der Waals surface area contributed by atoms with Crippen molar-refractivity contribution >= 4 is 5.97 Å². The molecule has 0 aromatic heterocycles. The van der Waals surface area contributed by atoms with Crippen LogP contribution in [0.1, 0.15) is 106 Å². The normalized spacial score (nSPS) is 51.6. The van der Waals surface area contributed by atoms with Gasteiger partial charge in [0.15, 0.2) is 0 Å². The van der Waals surface area contributed by atoms with E-state index in [0.29, 0.717) is 40.4 Å². The summed E-state index contributed by atoms with van der Waals surface area (Å²) in [7, 11) is 2.08. The molecule has 0 aliphatic heterocycles. The number of nitrogens with zero attached hydrogens (tertiary/aromatic N) is 1. The van der Waals surface area contributed by atoms with Crippen LogP contribution in [0, 0.1) is 51.2 Å². The molecule has 5 saturated carbocycles. The maximum atomic E-state index is 11.8. The maximum absolute atomic E-state index is 11.8. The van der Waals surface area contributed by atoms with Crippen molar-refractivity contribution in [2.45, 2.75) is 117 Å². The minimum atomic E-state index is -0.707. The number of fused-ring (bicyclic) bond motifs is 7. The molecule has 0 spiro atoms. The molecule has 5 fully saturated rings. The van der Waals surface area contributed by atoms with Crippen LogP contribution in [0.3, 0.4) is 0 Å². The van der Waals surface area contributed by atoms with Crippen LogP contribution in [0.15, 0.2) is 12.2 Å². The Morgan fingerprint density at radius 3 is 2.22 bits per heavy atom. The summed E-state index contributed by atoms with van der Waals surface area (Å²) >= 11 is 0. The molecule has 0 aromatic rings. The first-order chi connectivity index (χ1) is 16.6. The van der Waals surface area contributed by atoms with Gasteiger partial charge in [0.1, 0.15) is 0 Å². The molecular formula is C32H53NO3. The van der Waals surface area contributed by atoms with Crippen LogP contribution in [0.25, 0.3) is 0 Å². The standard InChI is InChI=1S/C32H53NO3/c1-20(2)21-11-16-32(33(8)19-26(35)36)18-17-30(6)22(27(21)32)9-10-24-29(5)14-13-25(34)28(3,4)23(29)12-15-31(24,30)7/h21-25,27,34H,1,9-19H2,2-8H3,(H,35,36)/t21-,22+,23-,24+,25-,27+,29-,30+,31+,32-/m0/s1. The highest BCUT2D eigenvalue weighted by molar-refractivity contribution is 5.69. The van der Waals surface area contributed by atoms with Crippen LogP contribution in [-0.2, 0) is 4.79 Å². The highest BCUT2D eigenvalue weighted by atomic mass is 16.4. The van der Waals surface area contributed by atoms with Crippen molar-refractivity contribution in [2.24, 2.45) is 51.2 Å². The summed E-state index contributed by atoms with van der Waals surface area (Å²) in [6, 6.07) is 0. The first-order valence-corrected chi connectivity index (χ1v) is 14.9. The first-order valence-electron chi connectivity index (χ1n) is 14.9. The number of carboxylic acids is 1. The molecule has 5 aliphatic rings. The zero-order chi connectivity index (χ0) is 26.5. The average molecular weight is 500 g/mol. The molecule has 10 atom stereocenters. The quantitative estimate of drug-likeness (QED) is 0.419. The fourth-order valence-electron chi connectivity index (χ4n) is 12.1. The van der Waals surface area contributed by atoms with Gasteiger partial charge < -0.3 is 10.2 Å². The predicted octanol–water partition coefficient (Wildman–Crippen LogP) is 6.77. The van der Waals surface area contributed by atoms with E-state index in [4.69, 9.17) is 0 Å². The molecule has 0 saturated heterocycles. The van der Waals surface area contributed by atoms with Gasteiger partial charge in [0.2, 0.25) is 0 Å². The van der Waals surface area contributed by atoms with E-state index >= 15 is 0 Å². The zero-order valence-corrected chi connectivity index (χ0v) is 24.2. The minimum absolute atomic E-state index is 0.00652. The summed E-state index contributed by atoms with van der Waals surface area (Å²) in [6.07, 6.45) is 11.6. The zero-order valence-electron chi connectivity index (χ0n) is 24.2. The summed E-state index contributed by atoms with van der Waals surface area (Å²) in [6.45, 7) is 19.4. The van der Waals surface area contributed by atoms with E-state index in [1.54, 1.807) is 0 Å². The molecule has 0 radical (unpaired) electrons. The van der Waals surface area contributed by atoms with Gasteiger partial charge in [-0.2, -0.15) is 0 Å². The van der Waals surface area contributed by atoms with E-state index in [1.807, 2.05) is 0 Å². The minimum Gasteiger partial charge on any atom is -0.480 e. The van der Waals surface area contributed by atoms with E-state index < -0.39 is 5.97 Å². The topological polar surface area (TPSA) is 60.8 Å². The number of carboxylic acid groups (broad SMARTS) is 1. The summed E-state index contributed by atoms with van der Waals surface area (Å²) < 4.78 is 0. The Morgan fingerprint density at radius 2 is 1.58 bits per heavy atom. The molecule has 0 unspecified atom stereocenters. The fourth-order valence-corrected chi connectivity index (χ4v) is 12.1. The van der Waals surface area contributed by atoms with Crippen LogP contribution < -0.4 is 0 Å². The lowest BCUT2D eigenvalue weighted by atomic mass is 9.32. The van der Waals surface area contributed by atoms with Gasteiger partial charge in [-0.25, -0.2) is 0 Å². The predicted molar refractivity (Wildman–Crippen MR) is 146 cm³/mol. The Morgan fingerprint density at radius 1 is 0.889 bits per heavy atom. The number of hydrogen-bond donors (Lipinski definition) is 2. The second-order valence-corrected chi connectivity index (χ2v) is 15.4.